The predicted molar refractivity (Wildman–Crippen MR) is 133 cm³/mol. The molecule has 178 valence electrons. The van der Waals surface area contributed by atoms with Crippen LogP contribution in [0.2, 0.25) is 0 Å². The number of carbonyl (C=O) groups excluding carboxylic acids is 2. The van der Waals surface area contributed by atoms with E-state index < -0.39 is 17.2 Å². The van der Waals surface area contributed by atoms with Crippen molar-refractivity contribution in [3.8, 4) is 17.2 Å². The Morgan fingerprint density at radius 1 is 1.22 bits per heavy atom. The Hall–Kier alpha value is -3.87. The molecule has 4 rings (SSSR count). The summed E-state index contributed by atoms with van der Waals surface area (Å²) < 4.78 is 10.9. The van der Waals surface area contributed by atoms with Crippen molar-refractivity contribution in [1.82, 2.24) is 25.7 Å². The minimum atomic E-state index is -2.00. The molecule has 2 aromatic heterocycles. The Balaban J connectivity index is 1.72. The lowest BCUT2D eigenvalue weighted by atomic mass is 9.49. The van der Waals surface area contributed by atoms with Gasteiger partial charge in [-0.15, -0.1) is 10.2 Å². The zero-order chi connectivity index (χ0) is 26.0. The Bertz CT molecular complexity index is 1290. The van der Waals surface area contributed by atoms with Crippen LogP contribution in [0.25, 0.3) is 11.5 Å². The van der Waals surface area contributed by atoms with Crippen LogP contribution in [0.15, 0.2) is 28.8 Å². The zero-order valence-corrected chi connectivity index (χ0v) is 19.6. The van der Waals surface area contributed by atoms with Gasteiger partial charge in [-0.05, 0) is 31.9 Å². The number of para-hydroxylation sites is 1. The zero-order valence-electron chi connectivity index (χ0n) is 19.6. The third-order valence-electron chi connectivity index (χ3n) is 5.11. The highest BCUT2D eigenvalue weighted by atomic mass is 16.5. The molecule has 0 spiro atoms. The standard InChI is InChI=1S/C21H21B3N8O4/c1-9(25)17-28-20(36-32-17)11-4-3-5-12(16(11)35-2)26-13-8-14(27-18(33)10-6-7-10)30-31-15(13)19(34)29-21(22,23)24/h3-5,8-10H,6-7,25H2,1-2H3,(H,29,34)(H2,26,27,30,33)/t9-/m1/s1. The van der Waals surface area contributed by atoms with Gasteiger partial charge >= 0.3 is 0 Å². The minimum Gasteiger partial charge on any atom is -0.494 e. The number of methoxy groups -OCH3 is 1. The molecule has 0 bridgehead atoms. The van der Waals surface area contributed by atoms with Crippen molar-refractivity contribution in [2.24, 2.45) is 11.7 Å². The monoisotopic (exact) mass is 482 g/mol. The number of hydrogen-bond donors (Lipinski definition) is 4. The summed E-state index contributed by atoms with van der Waals surface area (Å²) >= 11 is 0. The van der Waals surface area contributed by atoms with Gasteiger partial charge in [0, 0.05) is 12.0 Å². The van der Waals surface area contributed by atoms with Crippen LogP contribution in [0.4, 0.5) is 17.2 Å². The van der Waals surface area contributed by atoms with Gasteiger partial charge in [0.25, 0.3) is 11.8 Å². The number of nitrogens with two attached hydrogens (primary N) is 1. The minimum absolute atomic E-state index is 0.0640. The Labute approximate surface area is 210 Å². The molecule has 0 unspecified atom stereocenters. The number of nitrogens with one attached hydrogen (secondary N) is 3. The third-order valence-corrected chi connectivity index (χ3v) is 5.11. The van der Waals surface area contributed by atoms with E-state index in [0.29, 0.717) is 22.8 Å². The molecule has 15 heteroatoms. The summed E-state index contributed by atoms with van der Waals surface area (Å²) in [7, 11) is 18.0. The van der Waals surface area contributed by atoms with E-state index >= 15 is 0 Å². The van der Waals surface area contributed by atoms with E-state index in [0.717, 1.165) is 12.8 Å². The molecule has 3 aromatic rings. The highest BCUT2D eigenvalue weighted by molar-refractivity contribution is 6.60. The maximum absolute atomic E-state index is 12.8. The van der Waals surface area contributed by atoms with E-state index in [4.69, 9.17) is 38.5 Å². The molecule has 1 aliphatic carbocycles. The molecule has 0 saturated heterocycles. The summed E-state index contributed by atoms with van der Waals surface area (Å²) in [5.74, 6) is -0.0676. The van der Waals surface area contributed by atoms with Gasteiger partial charge in [-0.25, -0.2) is 0 Å². The quantitative estimate of drug-likeness (QED) is 0.315. The summed E-state index contributed by atoms with van der Waals surface area (Å²) in [4.78, 5) is 29.3. The summed E-state index contributed by atoms with van der Waals surface area (Å²) in [6.45, 7) is 1.73. The number of carbonyl (C=O) groups is 2. The Morgan fingerprint density at radius 2 is 1.97 bits per heavy atom. The van der Waals surface area contributed by atoms with Gasteiger partial charge in [0.1, 0.15) is 0 Å². The van der Waals surface area contributed by atoms with E-state index in [1.54, 1.807) is 25.1 Å². The summed E-state index contributed by atoms with van der Waals surface area (Å²) in [5.41, 5.74) is 6.70. The normalized spacial score (nSPS) is 14.1. The number of ether oxygens (including phenoxy) is 1. The molecule has 5 N–H and O–H groups in total. The third kappa shape index (κ3) is 5.85. The first-order valence-electron chi connectivity index (χ1n) is 11.0. The number of benzene rings is 1. The average Bonchev–Trinajstić information content (AvgIpc) is 3.54. The molecule has 1 aromatic carbocycles. The van der Waals surface area contributed by atoms with Crippen molar-refractivity contribution < 1.29 is 18.8 Å². The van der Waals surface area contributed by atoms with Crippen molar-refractivity contribution in [1.29, 1.82) is 0 Å². The largest absolute Gasteiger partial charge is 0.494 e. The van der Waals surface area contributed by atoms with Crippen molar-refractivity contribution in [3.63, 3.8) is 0 Å². The van der Waals surface area contributed by atoms with Crippen LogP contribution < -0.4 is 26.4 Å². The maximum atomic E-state index is 12.8. The molecular formula is C21H21B3N8O4. The van der Waals surface area contributed by atoms with Crippen LogP contribution in [-0.2, 0) is 4.79 Å². The number of rotatable bonds is 9. The highest BCUT2D eigenvalue weighted by Gasteiger charge is 2.30. The number of anilines is 3. The van der Waals surface area contributed by atoms with Crippen molar-refractivity contribution >= 4 is 52.5 Å². The van der Waals surface area contributed by atoms with Crippen LogP contribution in [0, 0.1) is 5.92 Å². The van der Waals surface area contributed by atoms with Gasteiger partial charge in [-0.2, -0.15) is 4.98 Å². The van der Waals surface area contributed by atoms with Crippen LogP contribution in [0.1, 0.15) is 42.1 Å². The Morgan fingerprint density at radius 3 is 2.58 bits per heavy atom. The number of amides is 2. The highest BCUT2D eigenvalue weighted by Crippen LogP contribution is 2.38. The van der Waals surface area contributed by atoms with Crippen LogP contribution in [-0.4, -0.2) is 68.0 Å². The fourth-order valence-corrected chi connectivity index (χ4v) is 3.24. The second-order valence-corrected chi connectivity index (χ2v) is 8.40. The second kappa shape index (κ2) is 10.0. The molecule has 36 heavy (non-hydrogen) atoms. The first kappa shape index (κ1) is 25.2. The maximum Gasteiger partial charge on any atom is 0.272 e. The van der Waals surface area contributed by atoms with Gasteiger partial charge in [-0.3, -0.25) is 9.59 Å². The second-order valence-electron chi connectivity index (χ2n) is 8.40. The first-order valence-corrected chi connectivity index (χ1v) is 11.0. The molecule has 1 atom stereocenters. The van der Waals surface area contributed by atoms with Crippen LogP contribution in [0.5, 0.6) is 5.75 Å². The molecular weight excluding hydrogens is 461 g/mol. The predicted octanol–water partition coefficient (Wildman–Crippen LogP) is 0.494. The average molecular weight is 482 g/mol. The van der Waals surface area contributed by atoms with Crippen molar-refractivity contribution in [3.05, 3.63) is 35.8 Å². The fraction of sp³-hybridized carbons (Fsp3) is 0.333. The number of hydrogen-bond acceptors (Lipinski definition) is 10. The van der Waals surface area contributed by atoms with Gasteiger partial charge in [-0.1, -0.05) is 16.5 Å². The van der Waals surface area contributed by atoms with E-state index in [1.807, 2.05) is 0 Å². The van der Waals surface area contributed by atoms with Gasteiger partial charge < -0.3 is 30.9 Å². The molecule has 12 nitrogen and oxygen atoms in total. The number of nitrogens with zero attached hydrogens (tertiary/aromatic N) is 4. The topological polar surface area (TPSA) is 170 Å². The SMILES string of the molecule is [B]C([B])([B])NC(=O)c1nnc(NC(=O)C2CC2)cc1Nc1cccc(-c2nc([C@@H](C)N)no2)c1OC. The molecule has 2 amide bonds. The van der Waals surface area contributed by atoms with Crippen LogP contribution >= 0.6 is 0 Å². The van der Waals surface area contributed by atoms with Gasteiger partial charge in [0.2, 0.25) is 5.91 Å². The lowest BCUT2D eigenvalue weighted by molar-refractivity contribution is -0.117. The fourth-order valence-electron chi connectivity index (χ4n) is 3.24. The van der Waals surface area contributed by atoms with E-state index in [9.17, 15) is 9.59 Å². The van der Waals surface area contributed by atoms with Crippen molar-refractivity contribution in [2.75, 3.05) is 17.7 Å². The van der Waals surface area contributed by atoms with E-state index in [-0.39, 0.29) is 34.9 Å². The van der Waals surface area contributed by atoms with E-state index in [2.05, 4.69) is 36.3 Å². The Kier molecular flexibility index (Phi) is 7.02. The van der Waals surface area contributed by atoms with Crippen LogP contribution in [0.3, 0.4) is 0 Å². The lowest BCUT2D eigenvalue weighted by Crippen LogP contribution is -2.50. The summed E-state index contributed by atoms with van der Waals surface area (Å²) in [5, 5.41) is 17.7. The summed E-state index contributed by atoms with van der Waals surface area (Å²) in [6, 6.07) is 6.14. The molecule has 1 aliphatic rings. The van der Waals surface area contributed by atoms with Gasteiger partial charge in [0.05, 0.1) is 53.6 Å². The molecule has 1 saturated carbocycles. The van der Waals surface area contributed by atoms with E-state index in [1.165, 1.54) is 13.2 Å². The van der Waals surface area contributed by atoms with Gasteiger partial charge in [0.15, 0.2) is 23.1 Å². The molecule has 6 radical (unpaired) electrons. The number of aromatic nitrogens is 4. The smallest absolute Gasteiger partial charge is 0.272 e. The lowest BCUT2D eigenvalue weighted by Gasteiger charge is -2.23. The first-order chi connectivity index (χ1) is 17.1. The molecule has 2 heterocycles. The molecule has 1 fully saturated rings. The summed E-state index contributed by atoms with van der Waals surface area (Å²) in [6.07, 6.45) is 1.61. The van der Waals surface area contributed by atoms with Crippen molar-refractivity contribution in [2.45, 2.75) is 31.0 Å². The molecule has 0 aliphatic heterocycles.